The first-order chi connectivity index (χ1) is 10.0. The van der Waals surface area contributed by atoms with Gasteiger partial charge in [-0.05, 0) is 37.4 Å². The number of carbonyl (C=O) groups is 1. The van der Waals surface area contributed by atoms with E-state index in [2.05, 4.69) is 10.3 Å². The number of amides is 1. The first-order valence-corrected chi connectivity index (χ1v) is 7.72. The number of nitrogens with one attached hydrogen (secondary N) is 1. The average molecular weight is 307 g/mol. The largest absolute Gasteiger partial charge is 0.393 e. The Balaban J connectivity index is 2.29. The number of nitrogen functional groups attached to an aromatic ring is 1. The van der Waals surface area contributed by atoms with Crippen LogP contribution in [0, 0.1) is 0 Å². The zero-order chi connectivity index (χ0) is 15.4. The van der Waals surface area contributed by atoms with Crippen molar-refractivity contribution in [1.29, 1.82) is 0 Å². The second-order valence-corrected chi connectivity index (χ2v) is 6.31. The number of thiophene rings is 1. The third-order valence-electron chi connectivity index (χ3n) is 3.39. The third-order valence-corrected chi connectivity index (χ3v) is 4.60. The third kappa shape index (κ3) is 3.79. The van der Waals surface area contributed by atoms with Crippen LogP contribution in [0.2, 0.25) is 0 Å². The molecular formula is C15H21N3O2S. The second kappa shape index (κ2) is 7.00. The monoisotopic (exact) mass is 307 g/mol. The molecule has 0 aliphatic rings. The van der Waals surface area contributed by atoms with Crippen molar-refractivity contribution in [3.8, 4) is 0 Å². The maximum Gasteiger partial charge on any atom is 0.275 e. The van der Waals surface area contributed by atoms with E-state index in [-0.39, 0.29) is 12.0 Å². The van der Waals surface area contributed by atoms with Gasteiger partial charge in [-0.15, -0.1) is 11.3 Å². The van der Waals surface area contributed by atoms with E-state index in [0.717, 1.165) is 22.2 Å². The minimum absolute atomic E-state index is 0.255. The number of hydrogen-bond donors (Lipinski definition) is 3. The maximum absolute atomic E-state index is 12.0. The Bertz CT molecular complexity index is 624. The van der Waals surface area contributed by atoms with Gasteiger partial charge in [0.15, 0.2) is 0 Å². The standard InChI is InChI=1S/C15H21N3O2S/c1-10(19)7-8-18(2)9-12-11-5-3-4-6-13(11)21-14(12)15(20)17-16/h3-6,10,19H,7-9,16H2,1-2H3,(H,17,20). The van der Waals surface area contributed by atoms with Gasteiger partial charge >= 0.3 is 0 Å². The molecule has 21 heavy (non-hydrogen) atoms. The van der Waals surface area contributed by atoms with Gasteiger partial charge in [-0.2, -0.15) is 0 Å². The minimum atomic E-state index is -0.321. The van der Waals surface area contributed by atoms with E-state index in [1.165, 1.54) is 11.3 Å². The second-order valence-electron chi connectivity index (χ2n) is 5.25. The van der Waals surface area contributed by atoms with Gasteiger partial charge in [0.2, 0.25) is 0 Å². The van der Waals surface area contributed by atoms with Crippen LogP contribution in [0.25, 0.3) is 10.1 Å². The van der Waals surface area contributed by atoms with Crippen LogP contribution >= 0.6 is 11.3 Å². The predicted octanol–water partition coefficient (Wildman–Crippen LogP) is 1.71. The molecule has 114 valence electrons. The van der Waals surface area contributed by atoms with E-state index in [1.54, 1.807) is 6.92 Å². The van der Waals surface area contributed by atoms with E-state index < -0.39 is 0 Å². The Morgan fingerprint density at radius 3 is 2.86 bits per heavy atom. The van der Waals surface area contributed by atoms with Crippen molar-refractivity contribution >= 4 is 27.3 Å². The lowest BCUT2D eigenvalue weighted by molar-refractivity contribution is 0.0955. The zero-order valence-corrected chi connectivity index (χ0v) is 13.1. The summed E-state index contributed by atoms with van der Waals surface area (Å²) in [4.78, 5) is 14.7. The molecule has 2 rings (SSSR count). The molecule has 5 nitrogen and oxygen atoms in total. The molecule has 0 saturated heterocycles. The van der Waals surface area contributed by atoms with Crippen molar-refractivity contribution in [2.24, 2.45) is 5.84 Å². The summed E-state index contributed by atoms with van der Waals surface area (Å²) >= 11 is 1.45. The number of benzene rings is 1. The van der Waals surface area contributed by atoms with Crippen molar-refractivity contribution in [3.63, 3.8) is 0 Å². The van der Waals surface area contributed by atoms with Crippen LogP contribution in [0.3, 0.4) is 0 Å². The normalized spacial score (nSPS) is 12.8. The Hall–Kier alpha value is -1.47. The molecule has 0 spiro atoms. The number of aliphatic hydroxyl groups is 1. The van der Waals surface area contributed by atoms with Gasteiger partial charge in [-0.1, -0.05) is 18.2 Å². The van der Waals surface area contributed by atoms with Gasteiger partial charge in [0, 0.05) is 17.8 Å². The van der Waals surface area contributed by atoms with Crippen LogP contribution in [0.1, 0.15) is 28.6 Å². The highest BCUT2D eigenvalue weighted by molar-refractivity contribution is 7.21. The van der Waals surface area contributed by atoms with E-state index in [1.807, 2.05) is 31.3 Å². The van der Waals surface area contributed by atoms with E-state index in [9.17, 15) is 9.90 Å². The summed E-state index contributed by atoms with van der Waals surface area (Å²) in [6.45, 7) is 3.20. The number of aliphatic hydroxyl groups excluding tert-OH is 1. The molecule has 0 saturated carbocycles. The summed E-state index contributed by atoms with van der Waals surface area (Å²) < 4.78 is 1.08. The number of hydrazine groups is 1. The van der Waals surface area contributed by atoms with Crippen LogP contribution in [-0.2, 0) is 6.54 Å². The summed E-state index contributed by atoms with van der Waals surface area (Å²) in [5, 5.41) is 10.5. The average Bonchev–Trinajstić information content (AvgIpc) is 2.83. The lowest BCUT2D eigenvalue weighted by Crippen LogP contribution is -2.31. The molecule has 0 fully saturated rings. The van der Waals surface area contributed by atoms with Crippen molar-refractivity contribution in [3.05, 3.63) is 34.7 Å². The van der Waals surface area contributed by atoms with E-state index in [0.29, 0.717) is 17.8 Å². The highest BCUT2D eigenvalue weighted by Crippen LogP contribution is 2.32. The molecule has 1 atom stereocenters. The number of carbonyl (C=O) groups excluding carboxylic acids is 1. The van der Waals surface area contributed by atoms with Gasteiger partial charge in [0.25, 0.3) is 5.91 Å². The van der Waals surface area contributed by atoms with Gasteiger partial charge in [-0.25, -0.2) is 5.84 Å². The fourth-order valence-corrected chi connectivity index (χ4v) is 3.38. The molecule has 4 N–H and O–H groups in total. The van der Waals surface area contributed by atoms with Crippen molar-refractivity contribution < 1.29 is 9.90 Å². The van der Waals surface area contributed by atoms with Crippen molar-refractivity contribution in [2.75, 3.05) is 13.6 Å². The highest BCUT2D eigenvalue weighted by Gasteiger charge is 2.18. The van der Waals surface area contributed by atoms with Gasteiger partial charge in [0.1, 0.15) is 0 Å². The fourth-order valence-electron chi connectivity index (χ4n) is 2.26. The van der Waals surface area contributed by atoms with Crippen molar-refractivity contribution in [2.45, 2.75) is 26.0 Å². The first-order valence-electron chi connectivity index (χ1n) is 6.91. The molecule has 0 radical (unpaired) electrons. The van der Waals surface area contributed by atoms with Gasteiger partial charge in [-0.3, -0.25) is 10.2 Å². The van der Waals surface area contributed by atoms with E-state index >= 15 is 0 Å². The molecule has 1 aromatic carbocycles. The molecule has 0 aliphatic heterocycles. The summed E-state index contributed by atoms with van der Waals surface area (Å²) in [6.07, 6.45) is 0.384. The Labute approximate surface area is 128 Å². The smallest absolute Gasteiger partial charge is 0.275 e. The number of nitrogens with zero attached hydrogens (tertiary/aromatic N) is 1. The summed E-state index contributed by atoms with van der Waals surface area (Å²) in [6, 6.07) is 7.96. The first kappa shape index (κ1) is 15.9. The van der Waals surface area contributed by atoms with E-state index in [4.69, 9.17) is 5.84 Å². The molecular weight excluding hydrogens is 286 g/mol. The number of hydrogen-bond acceptors (Lipinski definition) is 5. The van der Waals surface area contributed by atoms with Crippen LogP contribution in [0.15, 0.2) is 24.3 Å². The zero-order valence-electron chi connectivity index (χ0n) is 12.3. The molecule has 1 unspecified atom stereocenters. The van der Waals surface area contributed by atoms with Gasteiger partial charge < -0.3 is 10.0 Å². The van der Waals surface area contributed by atoms with Gasteiger partial charge in [0.05, 0.1) is 11.0 Å². The van der Waals surface area contributed by atoms with Crippen LogP contribution < -0.4 is 11.3 Å². The lowest BCUT2D eigenvalue weighted by atomic mass is 10.1. The Morgan fingerprint density at radius 2 is 2.19 bits per heavy atom. The molecule has 1 heterocycles. The summed E-state index contributed by atoms with van der Waals surface area (Å²) in [5.41, 5.74) is 3.21. The summed E-state index contributed by atoms with van der Waals surface area (Å²) in [5.74, 6) is 5.03. The Morgan fingerprint density at radius 1 is 1.48 bits per heavy atom. The molecule has 1 aromatic heterocycles. The molecule has 0 aliphatic carbocycles. The lowest BCUT2D eigenvalue weighted by Gasteiger charge is -2.18. The Kier molecular flexibility index (Phi) is 5.30. The predicted molar refractivity (Wildman–Crippen MR) is 86.1 cm³/mol. The quantitative estimate of drug-likeness (QED) is 0.431. The van der Waals surface area contributed by atoms with Crippen LogP contribution in [0.4, 0.5) is 0 Å². The number of fused-ring (bicyclic) bond motifs is 1. The van der Waals surface area contributed by atoms with Crippen molar-refractivity contribution in [1.82, 2.24) is 10.3 Å². The molecule has 1 amide bonds. The molecule has 2 aromatic rings. The summed E-state index contributed by atoms with van der Waals surface area (Å²) in [7, 11) is 1.99. The van der Waals surface area contributed by atoms with Crippen LogP contribution in [0.5, 0.6) is 0 Å². The topological polar surface area (TPSA) is 78.6 Å². The highest BCUT2D eigenvalue weighted by atomic mass is 32.1. The SMILES string of the molecule is CC(O)CCN(C)Cc1c(C(=O)NN)sc2ccccc12. The fraction of sp³-hybridized carbons (Fsp3) is 0.400. The minimum Gasteiger partial charge on any atom is -0.393 e. The molecule has 6 heteroatoms. The maximum atomic E-state index is 12.0. The number of rotatable bonds is 6. The molecule has 0 bridgehead atoms. The number of nitrogens with two attached hydrogens (primary N) is 1. The van der Waals surface area contributed by atoms with Crippen LogP contribution in [-0.4, -0.2) is 35.6 Å².